The molecule has 0 spiro atoms. The van der Waals surface area contributed by atoms with E-state index in [1.54, 1.807) is 11.6 Å². The third-order valence-corrected chi connectivity index (χ3v) is 2.95. The molecule has 0 amide bonds. The van der Waals surface area contributed by atoms with Gasteiger partial charge in [0, 0.05) is 26.5 Å². The van der Waals surface area contributed by atoms with Crippen LogP contribution in [0.5, 0.6) is 0 Å². The number of pyridine rings is 1. The SMILES string of the molecule is COCCC(C)(C)CNc1nc2ccccn2n1. The van der Waals surface area contributed by atoms with E-state index in [0.29, 0.717) is 5.95 Å². The summed E-state index contributed by atoms with van der Waals surface area (Å²) in [6.45, 7) is 6.00. The molecule has 5 nitrogen and oxygen atoms in total. The fourth-order valence-corrected chi connectivity index (χ4v) is 1.69. The fraction of sp³-hybridized carbons (Fsp3) is 0.538. The highest BCUT2D eigenvalue weighted by Gasteiger charge is 2.18. The standard InChI is InChI=1S/C13H20N4O/c1-13(2,7-9-18-3)10-14-12-15-11-6-4-5-8-17(11)16-12/h4-6,8H,7,9-10H2,1-3H3,(H,14,16). The highest BCUT2D eigenvalue weighted by molar-refractivity contribution is 5.42. The summed E-state index contributed by atoms with van der Waals surface area (Å²) in [4.78, 5) is 4.41. The van der Waals surface area contributed by atoms with Crippen LogP contribution >= 0.6 is 0 Å². The van der Waals surface area contributed by atoms with E-state index in [0.717, 1.165) is 25.2 Å². The molecule has 0 atom stereocenters. The molecule has 2 aromatic heterocycles. The first-order valence-electron chi connectivity index (χ1n) is 6.15. The zero-order valence-electron chi connectivity index (χ0n) is 11.2. The molecule has 0 unspecified atom stereocenters. The van der Waals surface area contributed by atoms with E-state index in [2.05, 4.69) is 29.2 Å². The molecule has 0 radical (unpaired) electrons. The summed E-state index contributed by atoms with van der Waals surface area (Å²) < 4.78 is 6.88. The number of nitrogens with one attached hydrogen (secondary N) is 1. The Bertz CT molecular complexity index is 473. The van der Waals surface area contributed by atoms with E-state index < -0.39 is 0 Å². The molecule has 0 aromatic carbocycles. The molecular formula is C13H20N4O. The molecule has 0 aliphatic rings. The maximum absolute atomic E-state index is 5.11. The van der Waals surface area contributed by atoms with E-state index in [-0.39, 0.29) is 5.41 Å². The second-order valence-corrected chi connectivity index (χ2v) is 5.20. The van der Waals surface area contributed by atoms with Crippen LogP contribution in [0, 0.1) is 5.41 Å². The topological polar surface area (TPSA) is 51.5 Å². The molecule has 0 aliphatic heterocycles. The summed E-state index contributed by atoms with van der Waals surface area (Å²) >= 11 is 0. The molecule has 0 bridgehead atoms. The van der Waals surface area contributed by atoms with Gasteiger partial charge in [-0.2, -0.15) is 4.98 Å². The quantitative estimate of drug-likeness (QED) is 0.851. The van der Waals surface area contributed by atoms with Gasteiger partial charge in [-0.15, -0.1) is 5.10 Å². The molecular weight excluding hydrogens is 228 g/mol. The molecule has 2 aromatic rings. The number of anilines is 1. The van der Waals surface area contributed by atoms with Crippen molar-refractivity contribution in [3.63, 3.8) is 0 Å². The van der Waals surface area contributed by atoms with E-state index in [4.69, 9.17) is 4.74 Å². The van der Waals surface area contributed by atoms with Crippen molar-refractivity contribution in [3.8, 4) is 0 Å². The van der Waals surface area contributed by atoms with Gasteiger partial charge in [-0.1, -0.05) is 19.9 Å². The Balaban J connectivity index is 1.97. The zero-order valence-corrected chi connectivity index (χ0v) is 11.2. The average molecular weight is 248 g/mol. The minimum absolute atomic E-state index is 0.160. The van der Waals surface area contributed by atoms with Crippen LogP contribution in [-0.4, -0.2) is 34.9 Å². The maximum atomic E-state index is 5.11. The lowest BCUT2D eigenvalue weighted by atomic mass is 9.90. The molecule has 18 heavy (non-hydrogen) atoms. The summed E-state index contributed by atoms with van der Waals surface area (Å²) in [6, 6.07) is 5.83. The van der Waals surface area contributed by atoms with Gasteiger partial charge < -0.3 is 10.1 Å². The Morgan fingerprint density at radius 2 is 2.22 bits per heavy atom. The van der Waals surface area contributed by atoms with Gasteiger partial charge in [0.25, 0.3) is 0 Å². The Kier molecular flexibility index (Phi) is 3.81. The van der Waals surface area contributed by atoms with Crippen molar-refractivity contribution in [1.29, 1.82) is 0 Å². The summed E-state index contributed by atoms with van der Waals surface area (Å²) in [5.41, 5.74) is 1.02. The van der Waals surface area contributed by atoms with Gasteiger partial charge in [0.1, 0.15) is 0 Å². The first kappa shape index (κ1) is 12.8. The number of nitrogens with zero attached hydrogens (tertiary/aromatic N) is 3. The predicted octanol–water partition coefficient (Wildman–Crippen LogP) is 2.20. The lowest BCUT2D eigenvalue weighted by molar-refractivity contribution is 0.157. The Morgan fingerprint density at radius 1 is 1.39 bits per heavy atom. The Labute approximate surface area is 107 Å². The number of fused-ring (bicyclic) bond motifs is 1. The minimum Gasteiger partial charge on any atom is -0.385 e. The van der Waals surface area contributed by atoms with Crippen LogP contribution < -0.4 is 5.32 Å². The van der Waals surface area contributed by atoms with Crippen LogP contribution in [0.2, 0.25) is 0 Å². The minimum atomic E-state index is 0.160. The summed E-state index contributed by atoms with van der Waals surface area (Å²) in [5, 5.41) is 7.64. The fourth-order valence-electron chi connectivity index (χ4n) is 1.69. The van der Waals surface area contributed by atoms with E-state index in [9.17, 15) is 0 Å². The third-order valence-electron chi connectivity index (χ3n) is 2.95. The normalized spacial score (nSPS) is 11.9. The highest BCUT2D eigenvalue weighted by Crippen LogP contribution is 2.20. The highest BCUT2D eigenvalue weighted by atomic mass is 16.5. The van der Waals surface area contributed by atoms with E-state index in [1.807, 2.05) is 24.4 Å². The predicted molar refractivity (Wildman–Crippen MR) is 71.8 cm³/mol. The summed E-state index contributed by atoms with van der Waals surface area (Å²) in [6.07, 6.45) is 2.90. The van der Waals surface area contributed by atoms with Gasteiger partial charge in [-0.05, 0) is 24.0 Å². The van der Waals surface area contributed by atoms with Gasteiger partial charge in [0.05, 0.1) is 0 Å². The number of ether oxygens (including phenoxy) is 1. The summed E-state index contributed by atoms with van der Waals surface area (Å²) in [7, 11) is 1.73. The van der Waals surface area contributed by atoms with Crippen molar-refractivity contribution >= 4 is 11.6 Å². The van der Waals surface area contributed by atoms with E-state index >= 15 is 0 Å². The molecule has 98 valence electrons. The van der Waals surface area contributed by atoms with Crippen molar-refractivity contribution in [2.24, 2.45) is 5.41 Å². The zero-order chi connectivity index (χ0) is 13.0. The first-order valence-corrected chi connectivity index (χ1v) is 6.15. The van der Waals surface area contributed by atoms with E-state index in [1.165, 1.54) is 0 Å². The molecule has 0 saturated heterocycles. The van der Waals surface area contributed by atoms with Crippen LogP contribution in [0.3, 0.4) is 0 Å². The van der Waals surface area contributed by atoms with Crippen molar-refractivity contribution in [2.75, 3.05) is 25.6 Å². The van der Waals surface area contributed by atoms with Gasteiger partial charge in [0.15, 0.2) is 5.65 Å². The largest absolute Gasteiger partial charge is 0.385 e. The van der Waals surface area contributed by atoms with Gasteiger partial charge >= 0.3 is 0 Å². The molecule has 1 N–H and O–H groups in total. The summed E-state index contributed by atoms with van der Waals surface area (Å²) in [5.74, 6) is 0.673. The van der Waals surface area contributed by atoms with Crippen LogP contribution in [0.1, 0.15) is 20.3 Å². The van der Waals surface area contributed by atoms with Crippen molar-refractivity contribution in [1.82, 2.24) is 14.6 Å². The number of aromatic nitrogens is 3. The van der Waals surface area contributed by atoms with Crippen LogP contribution in [0.4, 0.5) is 5.95 Å². The van der Waals surface area contributed by atoms with Gasteiger partial charge in [-0.25, -0.2) is 4.52 Å². The van der Waals surface area contributed by atoms with Gasteiger partial charge in [-0.3, -0.25) is 0 Å². The smallest absolute Gasteiger partial charge is 0.243 e. The lowest BCUT2D eigenvalue weighted by Crippen LogP contribution is -2.25. The number of methoxy groups -OCH3 is 1. The van der Waals surface area contributed by atoms with Crippen LogP contribution in [0.15, 0.2) is 24.4 Å². The van der Waals surface area contributed by atoms with Crippen molar-refractivity contribution < 1.29 is 4.74 Å². The molecule has 0 saturated carbocycles. The molecule has 0 fully saturated rings. The number of hydrogen-bond donors (Lipinski definition) is 1. The van der Waals surface area contributed by atoms with Gasteiger partial charge in [0.2, 0.25) is 5.95 Å². The molecule has 5 heteroatoms. The third kappa shape index (κ3) is 3.20. The van der Waals surface area contributed by atoms with Crippen LogP contribution in [-0.2, 0) is 4.74 Å². The molecule has 2 rings (SSSR count). The second-order valence-electron chi connectivity index (χ2n) is 5.20. The average Bonchev–Trinajstić information content (AvgIpc) is 2.77. The first-order chi connectivity index (χ1) is 8.61. The van der Waals surface area contributed by atoms with Crippen molar-refractivity contribution in [3.05, 3.63) is 24.4 Å². The van der Waals surface area contributed by atoms with Crippen LogP contribution in [0.25, 0.3) is 5.65 Å². The lowest BCUT2D eigenvalue weighted by Gasteiger charge is -2.23. The molecule has 2 heterocycles. The number of rotatable bonds is 6. The second kappa shape index (κ2) is 5.35. The maximum Gasteiger partial charge on any atom is 0.243 e. The van der Waals surface area contributed by atoms with Crippen molar-refractivity contribution in [2.45, 2.75) is 20.3 Å². The number of hydrogen-bond acceptors (Lipinski definition) is 4. The Morgan fingerprint density at radius 3 is 2.94 bits per heavy atom. The monoisotopic (exact) mass is 248 g/mol. The molecule has 0 aliphatic carbocycles. The Hall–Kier alpha value is -1.62.